The largest absolute Gasteiger partial charge is 0.395 e. The van der Waals surface area contributed by atoms with Crippen LogP contribution < -0.4 is 4.90 Å². The third-order valence-corrected chi connectivity index (χ3v) is 2.81. The van der Waals surface area contributed by atoms with E-state index in [-0.39, 0.29) is 6.61 Å². The van der Waals surface area contributed by atoms with Crippen molar-refractivity contribution in [2.24, 2.45) is 0 Å². The summed E-state index contributed by atoms with van der Waals surface area (Å²) < 4.78 is 0.888. The number of aldehydes is 1. The van der Waals surface area contributed by atoms with Crippen molar-refractivity contribution in [3.8, 4) is 0 Å². The average Bonchev–Trinajstić information content (AvgIpc) is 2.28. The van der Waals surface area contributed by atoms with Crippen molar-refractivity contribution < 1.29 is 9.90 Å². The lowest BCUT2D eigenvalue weighted by Crippen LogP contribution is -2.28. The third-order valence-electron chi connectivity index (χ3n) is 2.32. The molecular formula is C12H16BrNO2. The van der Waals surface area contributed by atoms with Crippen LogP contribution >= 0.6 is 15.9 Å². The number of aliphatic hydroxyl groups is 1. The topological polar surface area (TPSA) is 40.5 Å². The molecule has 0 amide bonds. The monoisotopic (exact) mass is 285 g/mol. The van der Waals surface area contributed by atoms with Gasteiger partial charge in [0, 0.05) is 28.8 Å². The Bertz CT molecular complexity index is 349. The fourth-order valence-corrected chi connectivity index (χ4v) is 2.03. The molecule has 0 heterocycles. The minimum Gasteiger partial charge on any atom is -0.395 e. The molecule has 0 aromatic heterocycles. The van der Waals surface area contributed by atoms with Crippen molar-refractivity contribution in [3.63, 3.8) is 0 Å². The van der Waals surface area contributed by atoms with E-state index < -0.39 is 0 Å². The maximum Gasteiger partial charge on any atom is 0.152 e. The molecule has 3 nitrogen and oxygen atoms in total. The maximum atomic E-state index is 11.0. The zero-order chi connectivity index (χ0) is 12.0. The molecule has 0 bridgehead atoms. The van der Waals surface area contributed by atoms with E-state index in [2.05, 4.69) is 22.9 Å². The molecule has 0 spiro atoms. The Morgan fingerprint density at radius 1 is 1.44 bits per heavy atom. The molecule has 0 fully saturated rings. The summed E-state index contributed by atoms with van der Waals surface area (Å²) in [4.78, 5) is 13.0. The summed E-state index contributed by atoms with van der Waals surface area (Å²) in [6.07, 6.45) is 1.83. The van der Waals surface area contributed by atoms with Crippen LogP contribution in [-0.2, 0) is 0 Å². The summed E-state index contributed by atoms with van der Waals surface area (Å²) in [6, 6.07) is 5.60. The summed E-state index contributed by atoms with van der Waals surface area (Å²) in [5, 5.41) is 9.00. The van der Waals surface area contributed by atoms with Gasteiger partial charge >= 0.3 is 0 Å². The second kappa shape index (κ2) is 6.66. The van der Waals surface area contributed by atoms with Crippen LogP contribution in [0.3, 0.4) is 0 Å². The Morgan fingerprint density at radius 2 is 2.19 bits per heavy atom. The van der Waals surface area contributed by atoms with Crippen molar-refractivity contribution in [1.29, 1.82) is 0 Å². The predicted molar refractivity (Wildman–Crippen MR) is 69.1 cm³/mol. The number of carbonyl (C=O) groups excluding carboxylic acids is 1. The number of hydrogen-bond donors (Lipinski definition) is 1. The van der Waals surface area contributed by atoms with E-state index in [9.17, 15) is 4.79 Å². The fraction of sp³-hybridized carbons (Fsp3) is 0.417. The molecule has 1 rings (SSSR count). The minimum absolute atomic E-state index is 0.0916. The lowest BCUT2D eigenvalue weighted by Gasteiger charge is -2.24. The first kappa shape index (κ1) is 13.2. The Hall–Kier alpha value is -0.870. The fourth-order valence-electron chi connectivity index (χ4n) is 1.65. The standard InChI is InChI=1S/C12H16BrNO2/c1-2-5-14(6-7-15)12-4-3-11(13)8-10(12)9-16/h3-4,8-9,15H,2,5-7H2,1H3. The number of rotatable bonds is 6. The number of anilines is 1. The van der Waals surface area contributed by atoms with E-state index in [4.69, 9.17) is 5.11 Å². The molecule has 16 heavy (non-hydrogen) atoms. The number of carbonyl (C=O) groups is 1. The van der Waals surface area contributed by atoms with Crippen molar-refractivity contribution >= 4 is 27.9 Å². The van der Waals surface area contributed by atoms with Gasteiger partial charge in [0.15, 0.2) is 6.29 Å². The molecular weight excluding hydrogens is 270 g/mol. The second-order valence-electron chi connectivity index (χ2n) is 3.53. The van der Waals surface area contributed by atoms with Gasteiger partial charge in [0.2, 0.25) is 0 Å². The van der Waals surface area contributed by atoms with E-state index in [0.717, 1.165) is 29.4 Å². The molecule has 0 unspecified atom stereocenters. The lowest BCUT2D eigenvalue weighted by molar-refractivity contribution is 0.112. The van der Waals surface area contributed by atoms with E-state index in [1.54, 1.807) is 6.07 Å². The Labute approximate surface area is 104 Å². The van der Waals surface area contributed by atoms with Crippen molar-refractivity contribution in [1.82, 2.24) is 0 Å². The van der Waals surface area contributed by atoms with Gasteiger partial charge in [0.05, 0.1) is 6.61 Å². The third kappa shape index (κ3) is 3.32. The van der Waals surface area contributed by atoms with Gasteiger partial charge in [0.1, 0.15) is 0 Å². The van der Waals surface area contributed by atoms with E-state index in [1.807, 2.05) is 17.0 Å². The predicted octanol–water partition coefficient (Wildman–Crippen LogP) is 2.47. The van der Waals surface area contributed by atoms with Gasteiger partial charge in [-0.3, -0.25) is 4.79 Å². The highest BCUT2D eigenvalue weighted by Gasteiger charge is 2.10. The second-order valence-corrected chi connectivity index (χ2v) is 4.45. The molecule has 0 radical (unpaired) electrons. The molecule has 4 heteroatoms. The zero-order valence-corrected chi connectivity index (χ0v) is 10.9. The summed E-state index contributed by atoms with van der Waals surface area (Å²) in [6.45, 7) is 3.55. The van der Waals surface area contributed by atoms with Gasteiger partial charge in [-0.25, -0.2) is 0 Å². The quantitative estimate of drug-likeness (QED) is 0.817. The summed E-state index contributed by atoms with van der Waals surface area (Å²) >= 11 is 3.34. The SMILES string of the molecule is CCCN(CCO)c1ccc(Br)cc1C=O. The van der Waals surface area contributed by atoms with Crippen molar-refractivity contribution in [2.75, 3.05) is 24.6 Å². The van der Waals surface area contributed by atoms with Crippen LogP contribution in [0.25, 0.3) is 0 Å². The number of aliphatic hydroxyl groups excluding tert-OH is 1. The van der Waals surface area contributed by atoms with Crippen LogP contribution in [0.5, 0.6) is 0 Å². The summed E-state index contributed by atoms with van der Waals surface area (Å²) in [5.74, 6) is 0. The normalized spacial score (nSPS) is 10.2. The molecule has 0 aliphatic heterocycles. The molecule has 1 N–H and O–H groups in total. The van der Waals surface area contributed by atoms with E-state index >= 15 is 0 Å². The van der Waals surface area contributed by atoms with Crippen LogP contribution in [0.15, 0.2) is 22.7 Å². The van der Waals surface area contributed by atoms with E-state index in [1.165, 1.54) is 0 Å². The summed E-state index contributed by atoms with van der Waals surface area (Å²) in [7, 11) is 0. The number of halogens is 1. The average molecular weight is 286 g/mol. The Balaban J connectivity index is 3.02. The first-order valence-corrected chi connectivity index (χ1v) is 6.12. The smallest absolute Gasteiger partial charge is 0.152 e. The molecule has 0 aliphatic rings. The maximum absolute atomic E-state index is 11.0. The lowest BCUT2D eigenvalue weighted by atomic mass is 10.1. The molecule has 1 aromatic carbocycles. The van der Waals surface area contributed by atoms with Gasteiger partial charge in [-0.05, 0) is 24.6 Å². The molecule has 0 aliphatic carbocycles. The molecule has 88 valence electrons. The Morgan fingerprint density at radius 3 is 2.75 bits per heavy atom. The van der Waals surface area contributed by atoms with Gasteiger partial charge in [-0.1, -0.05) is 22.9 Å². The number of nitrogens with zero attached hydrogens (tertiary/aromatic N) is 1. The van der Waals surface area contributed by atoms with Crippen molar-refractivity contribution in [3.05, 3.63) is 28.2 Å². The molecule has 0 atom stereocenters. The van der Waals surface area contributed by atoms with Gasteiger partial charge in [-0.2, -0.15) is 0 Å². The zero-order valence-electron chi connectivity index (χ0n) is 9.32. The molecule has 1 aromatic rings. The minimum atomic E-state index is 0.0916. The van der Waals surface area contributed by atoms with Crippen LogP contribution in [0.4, 0.5) is 5.69 Å². The molecule has 0 saturated heterocycles. The number of hydrogen-bond acceptors (Lipinski definition) is 3. The highest BCUT2D eigenvalue weighted by molar-refractivity contribution is 9.10. The van der Waals surface area contributed by atoms with E-state index in [0.29, 0.717) is 12.1 Å². The van der Waals surface area contributed by atoms with Gasteiger partial charge in [-0.15, -0.1) is 0 Å². The first-order chi connectivity index (χ1) is 7.72. The summed E-state index contributed by atoms with van der Waals surface area (Å²) in [5.41, 5.74) is 1.53. The number of benzene rings is 1. The highest BCUT2D eigenvalue weighted by atomic mass is 79.9. The van der Waals surface area contributed by atoms with Gasteiger partial charge in [0.25, 0.3) is 0 Å². The van der Waals surface area contributed by atoms with Crippen molar-refractivity contribution in [2.45, 2.75) is 13.3 Å². The van der Waals surface area contributed by atoms with Crippen LogP contribution in [-0.4, -0.2) is 31.1 Å². The van der Waals surface area contributed by atoms with Crippen LogP contribution in [0, 0.1) is 0 Å². The van der Waals surface area contributed by atoms with Gasteiger partial charge < -0.3 is 10.0 Å². The highest BCUT2D eigenvalue weighted by Crippen LogP contribution is 2.23. The molecule has 0 saturated carbocycles. The Kier molecular flexibility index (Phi) is 5.49. The van der Waals surface area contributed by atoms with Crippen LogP contribution in [0.1, 0.15) is 23.7 Å². The first-order valence-electron chi connectivity index (χ1n) is 5.33. The van der Waals surface area contributed by atoms with Crippen LogP contribution in [0.2, 0.25) is 0 Å².